The Labute approximate surface area is 144 Å². The number of morpholine rings is 1. The van der Waals surface area contributed by atoms with Crippen molar-refractivity contribution >= 4 is 16.8 Å². The van der Waals surface area contributed by atoms with Gasteiger partial charge < -0.3 is 9.64 Å². The molecule has 1 aliphatic rings. The fourth-order valence-corrected chi connectivity index (χ4v) is 3.12. The van der Waals surface area contributed by atoms with Gasteiger partial charge in [-0.1, -0.05) is 13.0 Å². The van der Waals surface area contributed by atoms with E-state index in [9.17, 15) is 4.79 Å². The van der Waals surface area contributed by atoms with Crippen LogP contribution in [0.5, 0.6) is 0 Å². The van der Waals surface area contributed by atoms with Gasteiger partial charge in [0.15, 0.2) is 5.82 Å². The molecule has 1 unspecified atom stereocenters. The molecule has 1 amide bonds. The molecule has 2 aromatic heterocycles. The summed E-state index contributed by atoms with van der Waals surface area (Å²) in [6.45, 7) is 3.55. The number of H-pyrrole nitrogens is 2. The normalized spacial score (nSPS) is 18.0. The number of aromatic nitrogens is 5. The van der Waals surface area contributed by atoms with E-state index in [1.807, 2.05) is 18.2 Å². The van der Waals surface area contributed by atoms with Gasteiger partial charge in [0.2, 0.25) is 0 Å². The third kappa shape index (κ3) is 3.00. The Morgan fingerprint density at radius 2 is 2.32 bits per heavy atom. The maximum atomic E-state index is 13.0. The minimum Gasteiger partial charge on any atom is -0.366 e. The highest BCUT2D eigenvalue weighted by molar-refractivity contribution is 6.06. The highest BCUT2D eigenvalue weighted by Crippen LogP contribution is 2.23. The van der Waals surface area contributed by atoms with Crippen molar-refractivity contribution < 1.29 is 9.53 Å². The average molecular weight is 340 g/mol. The molecule has 0 radical (unpaired) electrons. The first-order chi connectivity index (χ1) is 12.3. The molecule has 1 fully saturated rings. The molecule has 1 aliphatic heterocycles. The van der Waals surface area contributed by atoms with Crippen molar-refractivity contribution in [2.75, 3.05) is 19.7 Å². The van der Waals surface area contributed by atoms with Gasteiger partial charge in [0, 0.05) is 18.4 Å². The molecule has 3 aromatic rings. The van der Waals surface area contributed by atoms with Crippen LogP contribution in [0.25, 0.3) is 10.9 Å². The van der Waals surface area contributed by atoms with E-state index in [2.05, 4.69) is 32.3 Å². The first kappa shape index (κ1) is 15.8. The monoisotopic (exact) mass is 340 g/mol. The Bertz CT molecular complexity index is 886. The lowest BCUT2D eigenvalue weighted by atomic mass is 10.1. The number of hydrogen-bond donors (Lipinski definition) is 2. The largest absolute Gasteiger partial charge is 0.366 e. The van der Waals surface area contributed by atoms with E-state index in [1.165, 1.54) is 0 Å². The van der Waals surface area contributed by atoms with Crippen molar-refractivity contribution in [2.24, 2.45) is 0 Å². The van der Waals surface area contributed by atoms with E-state index in [0.29, 0.717) is 31.1 Å². The predicted molar refractivity (Wildman–Crippen MR) is 91.1 cm³/mol. The van der Waals surface area contributed by atoms with E-state index in [1.54, 1.807) is 11.1 Å². The number of carbonyl (C=O) groups excluding carboxylic acids is 1. The van der Waals surface area contributed by atoms with E-state index < -0.39 is 0 Å². The van der Waals surface area contributed by atoms with Gasteiger partial charge in [-0.2, -0.15) is 10.2 Å². The predicted octanol–water partition coefficient (Wildman–Crippen LogP) is 1.85. The van der Waals surface area contributed by atoms with E-state index in [-0.39, 0.29) is 12.0 Å². The molecule has 2 N–H and O–H groups in total. The Morgan fingerprint density at radius 3 is 3.20 bits per heavy atom. The number of nitrogens with one attached hydrogen (secondary N) is 2. The fraction of sp³-hybridized carbons (Fsp3) is 0.412. The second-order valence-electron chi connectivity index (χ2n) is 6.14. The van der Waals surface area contributed by atoms with Gasteiger partial charge in [0.1, 0.15) is 11.9 Å². The lowest BCUT2D eigenvalue weighted by Gasteiger charge is -2.31. The van der Waals surface area contributed by atoms with Gasteiger partial charge in [0.05, 0.1) is 30.4 Å². The van der Waals surface area contributed by atoms with Crippen molar-refractivity contribution in [1.82, 2.24) is 30.3 Å². The molecular formula is C17H20N6O2. The topological polar surface area (TPSA) is 99.8 Å². The summed E-state index contributed by atoms with van der Waals surface area (Å²) in [6.07, 6.45) is 3.24. The molecule has 130 valence electrons. The molecule has 4 rings (SSSR count). The summed E-state index contributed by atoms with van der Waals surface area (Å²) in [6, 6.07) is 5.60. The summed E-state index contributed by atoms with van der Waals surface area (Å²) in [5.74, 6) is 1.44. The molecule has 1 saturated heterocycles. The number of hydrogen-bond acceptors (Lipinski definition) is 5. The van der Waals surface area contributed by atoms with Crippen molar-refractivity contribution in [3.63, 3.8) is 0 Å². The Balaban J connectivity index is 1.54. The van der Waals surface area contributed by atoms with Gasteiger partial charge in [-0.3, -0.25) is 15.0 Å². The summed E-state index contributed by atoms with van der Waals surface area (Å²) >= 11 is 0. The molecule has 8 heteroatoms. The van der Waals surface area contributed by atoms with Crippen molar-refractivity contribution in [2.45, 2.75) is 25.9 Å². The summed E-state index contributed by atoms with van der Waals surface area (Å²) in [5, 5.41) is 15.0. The third-order valence-electron chi connectivity index (χ3n) is 4.39. The van der Waals surface area contributed by atoms with E-state index >= 15 is 0 Å². The van der Waals surface area contributed by atoms with Crippen LogP contribution in [0.1, 0.15) is 41.5 Å². The van der Waals surface area contributed by atoms with Crippen LogP contribution < -0.4 is 0 Å². The Kier molecular flexibility index (Phi) is 4.19. The van der Waals surface area contributed by atoms with Gasteiger partial charge in [-0.25, -0.2) is 4.98 Å². The number of carbonyl (C=O) groups is 1. The molecule has 8 nitrogen and oxygen atoms in total. The zero-order valence-corrected chi connectivity index (χ0v) is 14.0. The van der Waals surface area contributed by atoms with Crippen LogP contribution >= 0.6 is 0 Å². The molecular weight excluding hydrogens is 320 g/mol. The number of aromatic amines is 2. The van der Waals surface area contributed by atoms with Crippen molar-refractivity contribution in [1.29, 1.82) is 0 Å². The second-order valence-corrected chi connectivity index (χ2v) is 6.14. The minimum absolute atomic E-state index is 0.0235. The molecule has 3 heterocycles. The zero-order chi connectivity index (χ0) is 17.2. The Hall–Kier alpha value is -2.74. The molecule has 1 aromatic carbocycles. The first-order valence-electron chi connectivity index (χ1n) is 8.50. The van der Waals surface area contributed by atoms with Gasteiger partial charge in [0.25, 0.3) is 5.91 Å². The van der Waals surface area contributed by atoms with E-state index in [4.69, 9.17) is 4.74 Å². The summed E-state index contributed by atoms with van der Waals surface area (Å²) < 4.78 is 5.79. The lowest BCUT2D eigenvalue weighted by molar-refractivity contribution is -0.0266. The fourth-order valence-electron chi connectivity index (χ4n) is 3.12. The van der Waals surface area contributed by atoms with Crippen molar-refractivity contribution in [3.05, 3.63) is 41.6 Å². The minimum atomic E-state index is -0.303. The van der Waals surface area contributed by atoms with Gasteiger partial charge in [-0.15, -0.1) is 0 Å². The van der Waals surface area contributed by atoms with E-state index in [0.717, 1.165) is 29.6 Å². The summed E-state index contributed by atoms with van der Waals surface area (Å²) in [5.41, 5.74) is 1.50. The molecule has 0 bridgehead atoms. The Morgan fingerprint density at radius 1 is 1.40 bits per heavy atom. The maximum absolute atomic E-state index is 13.0. The van der Waals surface area contributed by atoms with Gasteiger partial charge >= 0.3 is 0 Å². The van der Waals surface area contributed by atoms with Crippen LogP contribution in [0.4, 0.5) is 0 Å². The lowest BCUT2D eigenvalue weighted by Crippen LogP contribution is -2.42. The third-order valence-corrected chi connectivity index (χ3v) is 4.39. The van der Waals surface area contributed by atoms with Crippen LogP contribution in [0.2, 0.25) is 0 Å². The van der Waals surface area contributed by atoms with Crippen LogP contribution in [0, 0.1) is 0 Å². The van der Waals surface area contributed by atoms with Crippen molar-refractivity contribution in [3.8, 4) is 0 Å². The number of benzene rings is 1. The van der Waals surface area contributed by atoms with Crippen LogP contribution in [0.15, 0.2) is 24.4 Å². The number of fused-ring (bicyclic) bond motifs is 1. The number of ether oxygens (including phenoxy) is 1. The average Bonchev–Trinajstić information content (AvgIpc) is 3.30. The molecule has 0 aliphatic carbocycles. The molecule has 25 heavy (non-hydrogen) atoms. The number of nitrogens with zero attached hydrogens (tertiary/aromatic N) is 4. The number of aryl methyl sites for hydroxylation is 1. The highest BCUT2D eigenvalue weighted by atomic mass is 16.5. The highest BCUT2D eigenvalue weighted by Gasteiger charge is 2.29. The van der Waals surface area contributed by atoms with Gasteiger partial charge in [-0.05, 0) is 18.6 Å². The van der Waals surface area contributed by atoms with Crippen LogP contribution in [-0.2, 0) is 11.2 Å². The second kappa shape index (κ2) is 6.64. The molecule has 1 atom stereocenters. The molecule has 0 spiro atoms. The SMILES string of the molecule is CCCc1nc(C2CN(C(=O)c3cccc4[nH]ncc34)CCO2)n[nH]1. The maximum Gasteiger partial charge on any atom is 0.254 e. The number of rotatable bonds is 4. The summed E-state index contributed by atoms with van der Waals surface area (Å²) in [7, 11) is 0. The smallest absolute Gasteiger partial charge is 0.254 e. The first-order valence-corrected chi connectivity index (χ1v) is 8.50. The van der Waals surface area contributed by atoms with Crippen LogP contribution in [0.3, 0.4) is 0 Å². The quantitative estimate of drug-likeness (QED) is 0.755. The molecule has 0 saturated carbocycles. The standard InChI is InChI=1S/C17H20N6O2/c1-2-4-15-19-16(22-21-15)14-10-23(7-8-25-14)17(24)11-5-3-6-13-12(11)9-18-20-13/h3,5-6,9,14H,2,4,7-8,10H2,1H3,(H,18,20)(H,19,21,22). The summed E-state index contributed by atoms with van der Waals surface area (Å²) in [4.78, 5) is 19.3. The zero-order valence-electron chi connectivity index (χ0n) is 14.0. The van der Waals surface area contributed by atoms with Crippen LogP contribution in [-0.4, -0.2) is 55.9 Å². The number of amides is 1.